The van der Waals surface area contributed by atoms with Gasteiger partial charge in [0.1, 0.15) is 5.82 Å². The van der Waals surface area contributed by atoms with E-state index in [2.05, 4.69) is 30.6 Å². The van der Waals surface area contributed by atoms with Crippen molar-refractivity contribution in [3.63, 3.8) is 0 Å². The SMILES string of the molecule is FC(F)(F)c1cccc(Nc2nc(-c3ccc[nH]3)nc(C3CCNCC3)n2)c1. The maximum Gasteiger partial charge on any atom is 0.416 e. The van der Waals surface area contributed by atoms with Crippen molar-refractivity contribution in [2.45, 2.75) is 24.9 Å². The molecule has 0 spiro atoms. The van der Waals surface area contributed by atoms with Gasteiger partial charge in [0.05, 0.1) is 11.3 Å². The molecule has 6 nitrogen and oxygen atoms in total. The van der Waals surface area contributed by atoms with E-state index in [-0.39, 0.29) is 17.6 Å². The number of H-pyrrole nitrogens is 1. The first-order chi connectivity index (χ1) is 13.5. The highest BCUT2D eigenvalue weighted by molar-refractivity contribution is 5.58. The van der Waals surface area contributed by atoms with Crippen LogP contribution >= 0.6 is 0 Å². The molecule has 9 heteroatoms. The third kappa shape index (κ3) is 4.14. The first kappa shape index (κ1) is 18.4. The van der Waals surface area contributed by atoms with E-state index in [4.69, 9.17) is 0 Å². The Hall–Kier alpha value is -2.94. The van der Waals surface area contributed by atoms with E-state index in [0.29, 0.717) is 11.6 Å². The lowest BCUT2D eigenvalue weighted by atomic mass is 9.97. The topological polar surface area (TPSA) is 78.5 Å². The zero-order valence-electron chi connectivity index (χ0n) is 14.9. The maximum absolute atomic E-state index is 13.0. The molecule has 146 valence electrons. The molecule has 0 aliphatic carbocycles. The fourth-order valence-electron chi connectivity index (χ4n) is 3.20. The fourth-order valence-corrected chi connectivity index (χ4v) is 3.20. The largest absolute Gasteiger partial charge is 0.416 e. The van der Waals surface area contributed by atoms with Gasteiger partial charge in [0.25, 0.3) is 0 Å². The lowest BCUT2D eigenvalue weighted by Gasteiger charge is -2.22. The van der Waals surface area contributed by atoms with Crippen LogP contribution in [0.5, 0.6) is 0 Å². The van der Waals surface area contributed by atoms with Gasteiger partial charge in [0, 0.05) is 17.8 Å². The Bertz CT molecular complexity index is 933. The van der Waals surface area contributed by atoms with Crippen LogP contribution in [0.3, 0.4) is 0 Å². The Labute approximate surface area is 159 Å². The summed E-state index contributed by atoms with van der Waals surface area (Å²) in [6, 6.07) is 8.66. The van der Waals surface area contributed by atoms with Gasteiger partial charge in [-0.25, -0.2) is 4.98 Å². The average Bonchev–Trinajstić information content (AvgIpc) is 3.23. The quantitative estimate of drug-likeness (QED) is 0.627. The number of nitrogens with one attached hydrogen (secondary N) is 3. The summed E-state index contributed by atoms with van der Waals surface area (Å²) in [4.78, 5) is 16.6. The molecule has 0 saturated carbocycles. The molecule has 0 bridgehead atoms. The average molecular weight is 388 g/mol. The zero-order valence-corrected chi connectivity index (χ0v) is 14.9. The highest BCUT2D eigenvalue weighted by Gasteiger charge is 2.30. The van der Waals surface area contributed by atoms with Crippen LogP contribution in [0.15, 0.2) is 42.6 Å². The predicted octanol–water partition coefficient (Wildman–Crippen LogP) is 4.10. The van der Waals surface area contributed by atoms with E-state index in [0.717, 1.165) is 43.8 Å². The van der Waals surface area contributed by atoms with Gasteiger partial charge < -0.3 is 15.6 Å². The number of halogens is 3. The molecule has 1 aliphatic rings. The maximum atomic E-state index is 13.0. The first-order valence-electron chi connectivity index (χ1n) is 9.04. The van der Waals surface area contributed by atoms with E-state index < -0.39 is 11.7 Å². The van der Waals surface area contributed by atoms with Crippen molar-refractivity contribution >= 4 is 11.6 Å². The standard InChI is InChI=1S/C19H19F3N6/c20-19(21,22)13-3-1-4-14(11-13)25-18-27-16(12-6-9-23-10-7-12)26-17(28-18)15-5-2-8-24-15/h1-5,8,11-12,23-24H,6-7,9-10H2,(H,25,26,27,28). The van der Waals surface area contributed by atoms with E-state index >= 15 is 0 Å². The Kier molecular flexibility index (Phi) is 4.99. The van der Waals surface area contributed by atoms with Gasteiger partial charge in [0.2, 0.25) is 5.95 Å². The Balaban J connectivity index is 1.69. The van der Waals surface area contributed by atoms with Crippen LogP contribution in [0, 0.1) is 0 Å². The Morgan fingerprint density at radius 1 is 1.00 bits per heavy atom. The van der Waals surface area contributed by atoms with E-state index in [1.54, 1.807) is 12.3 Å². The minimum absolute atomic E-state index is 0.181. The second-order valence-electron chi connectivity index (χ2n) is 6.65. The molecular formula is C19H19F3N6. The molecule has 0 amide bonds. The molecule has 4 rings (SSSR count). The summed E-state index contributed by atoms with van der Waals surface area (Å²) in [5.41, 5.74) is 0.272. The van der Waals surface area contributed by atoms with Gasteiger partial charge in [0.15, 0.2) is 5.82 Å². The number of hydrogen-bond acceptors (Lipinski definition) is 5. The van der Waals surface area contributed by atoms with Crippen LogP contribution in [-0.2, 0) is 6.18 Å². The van der Waals surface area contributed by atoms with Crippen molar-refractivity contribution in [3.05, 3.63) is 54.0 Å². The van der Waals surface area contributed by atoms with Crippen LogP contribution in [-0.4, -0.2) is 33.0 Å². The summed E-state index contributed by atoms with van der Waals surface area (Å²) in [5.74, 6) is 1.52. The van der Waals surface area contributed by atoms with Gasteiger partial charge in [-0.1, -0.05) is 6.07 Å². The molecule has 1 aromatic carbocycles. The number of aromatic nitrogens is 4. The summed E-state index contributed by atoms with van der Waals surface area (Å²) in [7, 11) is 0. The number of aromatic amines is 1. The number of rotatable bonds is 4. The monoisotopic (exact) mass is 388 g/mol. The second-order valence-corrected chi connectivity index (χ2v) is 6.65. The van der Waals surface area contributed by atoms with Crippen LogP contribution in [0.1, 0.15) is 30.1 Å². The van der Waals surface area contributed by atoms with Crippen molar-refractivity contribution in [2.24, 2.45) is 0 Å². The Morgan fingerprint density at radius 3 is 2.54 bits per heavy atom. The summed E-state index contributed by atoms with van der Waals surface area (Å²) in [5, 5.41) is 6.21. The molecule has 0 atom stereocenters. The lowest BCUT2D eigenvalue weighted by Crippen LogP contribution is -2.27. The molecule has 1 aliphatic heterocycles. The van der Waals surface area contributed by atoms with Gasteiger partial charge in [-0.3, -0.25) is 0 Å². The van der Waals surface area contributed by atoms with E-state index in [1.807, 2.05) is 12.1 Å². The van der Waals surface area contributed by atoms with Crippen molar-refractivity contribution < 1.29 is 13.2 Å². The minimum Gasteiger partial charge on any atom is -0.359 e. The zero-order chi connectivity index (χ0) is 19.6. The molecule has 0 radical (unpaired) electrons. The third-order valence-electron chi connectivity index (χ3n) is 4.64. The highest BCUT2D eigenvalue weighted by atomic mass is 19.4. The minimum atomic E-state index is -4.41. The molecule has 1 fully saturated rings. The van der Waals surface area contributed by atoms with Gasteiger partial charge in [-0.2, -0.15) is 23.1 Å². The summed E-state index contributed by atoms with van der Waals surface area (Å²) in [6.45, 7) is 1.76. The van der Waals surface area contributed by atoms with Gasteiger partial charge in [-0.15, -0.1) is 0 Å². The lowest BCUT2D eigenvalue weighted by molar-refractivity contribution is -0.137. The number of nitrogens with zero attached hydrogens (tertiary/aromatic N) is 3. The molecule has 1 saturated heterocycles. The smallest absolute Gasteiger partial charge is 0.359 e. The van der Waals surface area contributed by atoms with Crippen molar-refractivity contribution in [3.8, 4) is 11.5 Å². The van der Waals surface area contributed by atoms with Crippen molar-refractivity contribution in [1.82, 2.24) is 25.3 Å². The van der Waals surface area contributed by atoms with Crippen molar-refractivity contribution in [1.29, 1.82) is 0 Å². The summed E-state index contributed by atoms with van der Waals surface area (Å²) < 4.78 is 39.0. The van der Waals surface area contributed by atoms with Gasteiger partial charge >= 0.3 is 6.18 Å². The fraction of sp³-hybridized carbons (Fsp3) is 0.316. The highest BCUT2D eigenvalue weighted by Crippen LogP contribution is 2.31. The normalized spacial score (nSPS) is 15.5. The second kappa shape index (κ2) is 7.59. The van der Waals surface area contributed by atoms with E-state index in [9.17, 15) is 13.2 Å². The van der Waals surface area contributed by atoms with Crippen LogP contribution in [0.4, 0.5) is 24.8 Å². The first-order valence-corrected chi connectivity index (χ1v) is 9.04. The molecule has 28 heavy (non-hydrogen) atoms. The molecular weight excluding hydrogens is 369 g/mol. The van der Waals surface area contributed by atoms with Crippen LogP contribution < -0.4 is 10.6 Å². The Morgan fingerprint density at radius 2 is 1.82 bits per heavy atom. The number of benzene rings is 1. The van der Waals surface area contributed by atoms with E-state index in [1.165, 1.54) is 6.07 Å². The molecule has 3 aromatic rings. The number of piperidine rings is 1. The number of hydrogen-bond donors (Lipinski definition) is 3. The van der Waals surface area contributed by atoms with Crippen molar-refractivity contribution in [2.75, 3.05) is 18.4 Å². The molecule has 2 aromatic heterocycles. The summed E-state index contributed by atoms with van der Waals surface area (Å²) >= 11 is 0. The third-order valence-corrected chi connectivity index (χ3v) is 4.64. The molecule has 3 N–H and O–H groups in total. The van der Waals surface area contributed by atoms with Crippen LogP contribution in [0.25, 0.3) is 11.5 Å². The molecule has 3 heterocycles. The number of alkyl halides is 3. The molecule has 0 unspecified atom stereocenters. The van der Waals surface area contributed by atoms with Gasteiger partial charge in [-0.05, 0) is 56.3 Å². The van der Waals surface area contributed by atoms with Crippen LogP contribution in [0.2, 0.25) is 0 Å². The summed E-state index contributed by atoms with van der Waals surface area (Å²) in [6.07, 6.45) is -0.843. The number of anilines is 2. The predicted molar refractivity (Wildman–Crippen MR) is 99.2 cm³/mol.